The lowest BCUT2D eigenvalue weighted by molar-refractivity contribution is 0.148. The first-order chi connectivity index (χ1) is 9.76. The maximum absolute atomic E-state index is 10.2. The van der Waals surface area contributed by atoms with Crippen molar-refractivity contribution in [2.24, 2.45) is 5.92 Å². The molecule has 0 radical (unpaired) electrons. The third kappa shape index (κ3) is 2.82. The average Bonchev–Trinajstić information content (AvgIpc) is 3.07. The SMILES string of the molecule is OCc1csc(N2C[C@@H](Cc3ccccn3)[C@H](O)C2)n1. The highest BCUT2D eigenvalue weighted by atomic mass is 32.1. The molecule has 0 unspecified atom stereocenters. The van der Waals surface area contributed by atoms with E-state index in [4.69, 9.17) is 5.11 Å². The minimum atomic E-state index is -0.363. The molecule has 0 aliphatic carbocycles. The fourth-order valence-corrected chi connectivity index (χ4v) is 3.35. The molecule has 3 rings (SSSR count). The van der Waals surface area contributed by atoms with Crippen LogP contribution in [-0.4, -0.2) is 39.4 Å². The summed E-state index contributed by atoms with van der Waals surface area (Å²) in [6, 6.07) is 5.85. The lowest BCUT2D eigenvalue weighted by atomic mass is 10.00. The lowest BCUT2D eigenvalue weighted by Gasteiger charge is -2.14. The Hall–Kier alpha value is -1.50. The third-order valence-electron chi connectivity index (χ3n) is 3.58. The first-order valence-corrected chi connectivity index (χ1v) is 7.52. The molecule has 20 heavy (non-hydrogen) atoms. The van der Waals surface area contributed by atoms with Crippen molar-refractivity contribution < 1.29 is 10.2 Å². The molecule has 1 aliphatic heterocycles. The highest BCUT2D eigenvalue weighted by Crippen LogP contribution is 2.28. The van der Waals surface area contributed by atoms with Crippen molar-refractivity contribution in [1.82, 2.24) is 9.97 Å². The Bertz CT molecular complexity index is 561. The Labute approximate surface area is 121 Å². The van der Waals surface area contributed by atoms with E-state index >= 15 is 0 Å². The van der Waals surface area contributed by atoms with Gasteiger partial charge in [0.05, 0.1) is 18.4 Å². The van der Waals surface area contributed by atoms with Gasteiger partial charge in [0.15, 0.2) is 5.13 Å². The number of aliphatic hydroxyl groups excluding tert-OH is 2. The predicted molar refractivity (Wildman–Crippen MR) is 77.7 cm³/mol. The minimum absolute atomic E-state index is 0.0374. The summed E-state index contributed by atoms with van der Waals surface area (Å²) in [5.41, 5.74) is 1.70. The van der Waals surface area contributed by atoms with Crippen LogP contribution >= 0.6 is 11.3 Å². The average molecular weight is 291 g/mol. The Balaban J connectivity index is 1.67. The first-order valence-electron chi connectivity index (χ1n) is 6.64. The Morgan fingerprint density at radius 2 is 2.20 bits per heavy atom. The molecule has 1 fully saturated rings. The number of hydrogen-bond acceptors (Lipinski definition) is 6. The molecule has 3 heterocycles. The Kier molecular flexibility index (Phi) is 3.95. The molecule has 0 spiro atoms. The summed E-state index contributed by atoms with van der Waals surface area (Å²) in [6.45, 7) is 1.33. The number of aliphatic hydroxyl groups is 2. The van der Waals surface area contributed by atoms with Crippen molar-refractivity contribution in [2.45, 2.75) is 19.1 Å². The zero-order chi connectivity index (χ0) is 13.9. The van der Waals surface area contributed by atoms with E-state index < -0.39 is 0 Å². The van der Waals surface area contributed by atoms with Crippen molar-refractivity contribution in [1.29, 1.82) is 0 Å². The van der Waals surface area contributed by atoms with Gasteiger partial charge in [-0.15, -0.1) is 11.3 Å². The molecule has 1 saturated heterocycles. The van der Waals surface area contributed by atoms with Gasteiger partial charge in [-0.2, -0.15) is 0 Å². The summed E-state index contributed by atoms with van der Waals surface area (Å²) in [6.07, 6.45) is 2.19. The molecule has 0 saturated carbocycles. The molecule has 5 nitrogen and oxygen atoms in total. The second-order valence-corrected chi connectivity index (χ2v) is 5.87. The van der Waals surface area contributed by atoms with Crippen LogP contribution in [0.2, 0.25) is 0 Å². The van der Waals surface area contributed by atoms with Crippen molar-refractivity contribution in [3.8, 4) is 0 Å². The van der Waals surface area contributed by atoms with Crippen LogP contribution in [0.25, 0.3) is 0 Å². The summed E-state index contributed by atoms with van der Waals surface area (Å²) >= 11 is 1.51. The third-order valence-corrected chi connectivity index (χ3v) is 4.53. The second kappa shape index (κ2) is 5.87. The Morgan fingerprint density at radius 1 is 1.30 bits per heavy atom. The number of β-amino-alcohol motifs (C(OH)–C–C–N with tert-alkyl or cyclic N) is 1. The van der Waals surface area contributed by atoms with Crippen LogP contribution in [0.3, 0.4) is 0 Å². The van der Waals surface area contributed by atoms with E-state index in [9.17, 15) is 5.11 Å². The molecule has 2 aromatic heterocycles. The maximum Gasteiger partial charge on any atom is 0.185 e. The Morgan fingerprint density at radius 3 is 2.90 bits per heavy atom. The molecule has 2 N–H and O–H groups in total. The van der Waals surface area contributed by atoms with E-state index in [2.05, 4.69) is 14.9 Å². The molecule has 106 valence electrons. The molecule has 2 aromatic rings. The minimum Gasteiger partial charge on any atom is -0.391 e. The number of thiazole rings is 1. The molecule has 2 atom stereocenters. The van der Waals surface area contributed by atoms with E-state index in [1.165, 1.54) is 11.3 Å². The number of nitrogens with zero attached hydrogens (tertiary/aromatic N) is 3. The topological polar surface area (TPSA) is 69.5 Å². The van der Waals surface area contributed by atoms with E-state index in [0.717, 1.165) is 23.8 Å². The molecular weight excluding hydrogens is 274 g/mol. The van der Waals surface area contributed by atoms with Gasteiger partial charge >= 0.3 is 0 Å². The van der Waals surface area contributed by atoms with Gasteiger partial charge in [0.2, 0.25) is 0 Å². The summed E-state index contributed by atoms with van der Waals surface area (Å²) in [7, 11) is 0. The van der Waals surface area contributed by atoms with Crippen LogP contribution < -0.4 is 4.90 Å². The van der Waals surface area contributed by atoms with Crippen LogP contribution in [-0.2, 0) is 13.0 Å². The normalized spacial score (nSPS) is 22.4. The standard InChI is InChI=1S/C14H17N3O2S/c18-8-12-9-20-14(16-12)17-6-10(13(19)7-17)5-11-3-1-2-4-15-11/h1-4,9-10,13,18-19H,5-8H2/t10-,13-/m1/s1. The summed E-state index contributed by atoms with van der Waals surface area (Å²) < 4.78 is 0. The zero-order valence-corrected chi connectivity index (χ0v) is 11.8. The van der Waals surface area contributed by atoms with Gasteiger partial charge in [0.1, 0.15) is 0 Å². The van der Waals surface area contributed by atoms with E-state index in [1.54, 1.807) is 6.20 Å². The number of hydrogen-bond donors (Lipinski definition) is 2. The first kappa shape index (κ1) is 13.5. The second-order valence-electron chi connectivity index (χ2n) is 5.04. The molecule has 0 bridgehead atoms. The molecule has 1 aliphatic rings. The molecular formula is C14H17N3O2S. The number of anilines is 1. The van der Waals surface area contributed by atoms with Crippen LogP contribution in [0, 0.1) is 5.92 Å². The van der Waals surface area contributed by atoms with Gasteiger partial charge in [0.25, 0.3) is 0 Å². The fourth-order valence-electron chi connectivity index (χ4n) is 2.51. The van der Waals surface area contributed by atoms with Gasteiger partial charge < -0.3 is 15.1 Å². The van der Waals surface area contributed by atoms with Crippen LogP contribution in [0.4, 0.5) is 5.13 Å². The van der Waals surface area contributed by atoms with Crippen molar-refractivity contribution in [3.63, 3.8) is 0 Å². The van der Waals surface area contributed by atoms with E-state index in [0.29, 0.717) is 12.2 Å². The highest BCUT2D eigenvalue weighted by Gasteiger charge is 2.32. The summed E-state index contributed by atoms with van der Waals surface area (Å²) in [5, 5.41) is 22.0. The van der Waals surface area contributed by atoms with Crippen LogP contribution in [0.1, 0.15) is 11.4 Å². The fraction of sp³-hybridized carbons (Fsp3) is 0.429. The summed E-state index contributed by atoms with van der Waals surface area (Å²) in [5.74, 6) is 0.173. The monoisotopic (exact) mass is 291 g/mol. The largest absolute Gasteiger partial charge is 0.391 e. The number of rotatable bonds is 4. The van der Waals surface area contributed by atoms with E-state index in [1.807, 2.05) is 23.6 Å². The molecule has 0 aromatic carbocycles. The molecule has 0 amide bonds. The van der Waals surface area contributed by atoms with E-state index in [-0.39, 0.29) is 18.6 Å². The van der Waals surface area contributed by atoms with Crippen LogP contribution in [0.5, 0.6) is 0 Å². The maximum atomic E-state index is 10.2. The van der Waals surface area contributed by atoms with Gasteiger partial charge in [-0.3, -0.25) is 4.98 Å². The van der Waals surface area contributed by atoms with Gasteiger partial charge in [0, 0.05) is 36.3 Å². The molecule has 6 heteroatoms. The predicted octanol–water partition coefficient (Wildman–Crippen LogP) is 1.07. The highest BCUT2D eigenvalue weighted by molar-refractivity contribution is 7.13. The number of aromatic nitrogens is 2. The van der Waals surface area contributed by atoms with Crippen molar-refractivity contribution in [2.75, 3.05) is 18.0 Å². The lowest BCUT2D eigenvalue weighted by Crippen LogP contribution is -2.21. The van der Waals surface area contributed by atoms with Gasteiger partial charge in [-0.25, -0.2) is 4.98 Å². The van der Waals surface area contributed by atoms with Gasteiger partial charge in [-0.05, 0) is 18.6 Å². The quantitative estimate of drug-likeness (QED) is 0.882. The smallest absolute Gasteiger partial charge is 0.185 e. The van der Waals surface area contributed by atoms with Crippen molar-refractivity contribution in [3.05, 3.63) is 41.2 Å². The summed E-state index contributed by atoms with van der Waals surface area (Å²) in [4.78, 5) is 10.8. The number of pyridine rings is 1. The van der Waals surface area contributed by atoms with Crippen molar-refractivity contribution >= 4 is 16.5 Å². The zero-order valence-electron chi connectivity index (χ0n) is 11.0. The van der Waals surface area contributed by atoms with Gasteiger partial charge in [-0.1, -0.05) is 6.07 Å². The van der Waals surface area contributed by atoms with Crippen LogP contribution in [0.15, 0.2) is 29.8 Å².